The molecule has 1 unspecified atom stereocenters. The van der Waals surface area contributed by atoms with Crippen LogP contribution in [0.15, 0.2) is 0 Å². The normalized spacial score (nSPS) is 32.4. The second-order valence-corrected chi connectivity index (χ2v) is 5.22. The fourth-order valence-corrected chi connectivity index (χ4v) is 1.79. The molecule has 0 aromatic carbocycles. The monoisotopic (exact) mass is 182 g/mol. The molecule has 2 rings (SSSR count). The average molecular weight is 182 g/mol. The summed E-state index contributed by atoms with van der Waals surface area (Å²) in [7, 11) is 0. The summed E-state index contributed by atoms with van der Waals surface area (Å²) in [6.45, 7) is 4.87. The van der Waals surface area contributed by atoms with Crippen LogP contribution in [-0.4, -0.2) is 18.0 Å². The van der Waals surface area contributed by atoms with Gasteiger partial charge in [-0.15, -0.1) is 0 Å². The molecule has 3 nitrogen and oxygen atoms in total. The lowest BCUT2D eigenvalue weighted by Gasteiger charge is -2.15. The van der Waals surface area contributed by atoms with E-state index in [1.807, 2.05) is 0 Å². The summed E-state index contributed by atoms with van der Waals surface area (Å²) in [6.07, 6.45) is 3.14. The van der Waals surface area contributed by atoms with Gasteiger partial charge in [0, 0.05) is 12.5 Å². The zero-order valence-electron chi connectivity index (χ0n) is 8.39. The third-order valence-corrected chi connectivity index (χ3v) is 3.46. The van der Waals surface area contributed by atoms with Gasteiger partial charge in [-0.05, 0) is 24.7 Å². The van der Waals surface area contributed by atoms with Gasteiger partial charge in [0.1, 0.15) is 0 Å². The van der Waals surface area contributed by atoms with Gasteiger partial charge in [-0.1, -0.05) is 13.8 Å². The Morgan fingerprint density at radius 3 is 2.38 bits per heavy atom. The van der Waals surface area contributed by atoms with E-state index in [0.29, 0.717) is 6.54 Å². The Morgan fingerprint density at radius 2 is 2.08 bits per heavy atom. The minimum atomic E-state index is -0.0181. The molecule has 0 spiro atoms. The first-order valence-corrected chi connectivity index (χ1v) is 5.01. The van der Waals surface area contributed by atoms with Gasteiger partial charge in [0.2, 0.25) is 5.91 Å². The van der Waals surface area contributed by atoms with E-state index in [4.69, 9.17) is 5.73 Å². The van der Waals surface area contributed by atoms with Gasteiger partial charge in [0.25, 0.3) is 0 Å². The summed E-state index contributed by atoms with van der Waals surface area (Å²) < 4.78 is 0. The van der Waals surface area contributed by atoms with E-state index in [0.717, 1.165) is 19.3 Å². The maximum absolute atomic E-state index is 11.7. The first-order chi connectivity index (χ1) is 5.99. The maximum atomic E-state index is 11.7. The number of carbonyl (C=O) groups is 1. The summed E-state index contributed by atoms with van der Waals surface area (Å²) in [4.78, 5) is 11.7. The van der Waals surface area contributed by atoms with Crippen LogP contribution in [0, 0.1) is 11.3 Å². The largest absolute Gasteiger partial charge is 0.349 e. The van der Waals surface area contributed by atoms with Gasteiger partial charge in [-0.25, -0.2) is 0 Å². The minimum absolute atomic E-state index is 0.0181. The zero-order chi connectivity index (χ0) is 9.69. The quantitative estimate of drug-likeness (QED) is 0.673. The Bertz CT molecular complexity index is 243. The van der Waals surface area contributed by atoms with Crippen LogP contribution in [0.2, 0.25) is 0 Å². The molecule has 0 aromatic rings. The molecule has 0 radical (unpaired) electrons. The predicted octanol–water partition coefficient (Wildman–Crippen LogP) is 0.640. The lowest BCUT2D eigenvalue weighted by molar-refractivity contribution is -0.123. The number of nitrogens with one attached hydrogen (secondary N) is 1. The molecule has 2 aliphatic rings. The van der Waals surface area contributed by atoms with Crippen molar-refractivity contribution >= 4 is 5.91 Å². The van der Waals surface area contributed by atoms with Crippen molar-refractivity contribution in [2.75, 3.05) is 6.54 Å². The van der Waals surface area contributed by atoms with Crippen LogP contribution < -0.4 is 11.1 Å². The second-order valence-electron chi connectivity index (χ2n) is 5.22. The lowest BCUT2D eigenvalue weighted by atomic mass is 10.1. The van der Waals surface area contributed by atoms with Gasteiger partial charge < -0.3 is 11.1 Å². The van der Waals surface area contributed by atoms with E-state index in [1.165, 1.54) is 0 Å². The lowest BCUT2D eigenvalue weighted by Crippen LogP contribution is -2.43. The number of nitrogens with two attached hydrogens (primary N) is 1. The highest BCUT2D eigenvalue weighted by atomic mass is 16.2. The molecule has 1 amide bonds. The third-order valence-electron chi connectivity index (χ3n) is 3.46. The van der Waals surface area contributed by atoms with Gasteiger partial charge >= 0.3 is 0 Å². The predicted molar refractivity (Wildman–Crippen MR) is 51.1 cm³/mol. The van der Waals surface area contributed by atoms with Crippen LogP contribution in [0.25, 0.3) is 0 Å². The van der Waals surface area contributed by atoms with E-state index < -0.39 is 0 Å². The molecule has 0 aliphatic heterocycles. The first kappa shape index (κ1) is 9.00. The van der Waals surface area contributed by atoms with Crippen LogP contribution in [-0.2, 0) is 4.79 Å². The van der Waals surface area contributed by atoms with Gasteiger partial charge in [-0.3, -0.25) is 4.79 Å². The van der Waals surface area contributed by atoms with Crippen LogP contribution in [0.1, 0.15) is 33.1 Å². The van der Waals surface area contributed by atoms with Gasteiger partial charge in [-0.2, -0.15) is 0 Å². The molecule has 2 fully saturated rings. The summed E-state index contributed by atoms with van der Waals surface area (Å²) in [6, 6.07) is 0. The molecule has 0 heterocycles. The zero-order valence-corrected chi connectivity index (χ0v) is 8.39. The van der Waals surface area contributed by atoms with Crippen molar-refractivity contribution in [3.05, 3.63) is 0 Å². The first-order valence-electron chi connectivity index (χ1n) is 5.01. The van der Waals surface area contributed by atoms with E-state index >= 15 is 0 Å². The number of carbonyl (C=O) groups excluding carboxylic acids is 1. The highest BCUT2D eigenvalue weighted by molar-refractivity contribution is 5.83. The molecular weight excluding hydrogens is 164 g/mol. The number of amides is 1. The van der Waals surface area contributed by atoms with E-state index in [1.54, 1.807) is 0 Å². The fourth-order valence-electron chi connectivity index (χ4n) is 1.79. The Kier molecular flexibility index (Phi) is 1.71. The Labute approximate surface area is 79.1 Å². The summed E-state index contributed by atoms with van der Waals surface area (Å²) >= 11 is 0. The summed E-state index contributed by atoms with van der Waals surface area (Å²) in [5, 5.41) is 3.07. The fraction of sp³-hybridized carbons (Fsp3) is 0.900. The van der Waals surface area contributed by atoms with Crippen molar-refractivity contribution in [1.29, 1.82) is 0 Å². The highest BCUT2D eigenvalue weighted by Gasteiger charge is 2.53. The molecule has 0 bridgehead atoms. The topological polar surface area (TPSA) is 55.1 Å². The molecular formula is C10H18N2O. The number of hydrogen-bond donors (Lipinski definition) is 2. The van der Waals surface area contributed by atoms with Crippen LogP contribution in [0.4, 0.5) is 0 Å². The molecule has 3 N–H and O–H groups in total. The summed E-state index contributed by atoms with van der Waals surface area (Å²) in [5.74, 6) is 0.449. The summed E-state index contributed by atoms with van der Waals surface area (Å²) in [5.41, 5.74) is 5.80. The highest BCUT2D eigenvalue weighted by Crippen LogP contribution is 2.52. The molecule has 74 valence electrons. The smallest absolute Gasteiger partial charge is 0.224 e. The molecule has 1 atom stereocenters. The van der Waals surface area contributed by atoms with Crippen LogP contribution >= 0.6 is 0 Å². The SMILES string of the molecule is CC1(C)CC1C(=O)NC1(CN)CC1. The molecule has 2 saturated carbocycles. The third kappa shape index (κ3) is 1.57. The van der Waals surface area contributed by atoms with E-state index in [2.05, 4.69) is 19.2 Å². The molecule has 0 aromatic heterocycles. The molecule has 0 saturated heterocycles. The Balaban J connectivity index is 1.87. The Hall–Kier alpha value is -0.570. The second kappa shape index (κ2) is 2.47. The minimum Gasteiger partial charge on any atom is -0.349 e. The number of rotatable bonds is 3. The molecule has 3 heteroatoms. The molecule has 13 heavy (non-hydrogen) atoms. The number of hydrogen-bond acceptors (Lipinski definition) is 2. The van der Waals surface area contributed by atoms with Crippen LogP contribution in [0.5, 0.6) is 0 Å². The average Bonchev–Trinajstić information content (AvgIpc) is 2.90. The molecule has 2 aliphatic carbocycles. The maximum Gasteiger partial charge on any atom is 0.224 e. The van der Waals surface area contributed by atoms with Crippen molar-refractivity contribution in [2.45, 2.75) is 38.6 Å². The van der Waals surface area contributed by atoms with Crippen molar-refractivity contribution in [1.82, 2.24) is 5.32 Å². The standard InChI is InChI=1S/C10H18N2O/c1-9(2)5-7(9)8(13)12-10(6-11)3-4-10/h7H,3-6,11H2,1-2H3,(H,12,13). The van der Waals surface area contributed by atoms with E-state index in [9.17, 15) is 4.79 Å². The van der Waals surface area contributed by atoms with E-state index in [-0.39, 0.29) is 22.8 Å². The van der Waals surface area contributed by atoms with Gasteiger partial charge in [0.05, 0.1) is 5.54 Å². The van der Waals surface area contributed by atoms with Crippen molar-refractivity contribution in [3.63, 3.8) is 0 Å². The Morgan fingerprint density at radius 1 is 1.54 bits per heavy atom. The van der Waals surface area contributed by atoms with Crippen molar-refractivity contribution in [3.8, 4) is 0 Å². The van der Waals surface area contributed by atoms with Crippen molar-refractivity contribution in [2.24, 2.45) is 17.1 Å². The van der Waals surface area contributed by atoms with Crippen molar-refractivity contribution < 1.29 is 4.79 Å². The van der Waals surface area contributed by atoms with Gasteiger partial charge in [0.15, 0.2) is 0 Å². The van der Waals surface area contributed by atoms with Crippen LogP contribution in [0.3, 0.4) is 0 Å².